The number of aromatic amines is 1. The van der Waals surface area contributed by atoms with Gasteiger partial charge in [-0.1, -0.05) is 29.5 Å². The van der Waals surface area contributed by atoms with E-state index in [0.29, 0.717) is 16.6 Å². The summed E-state index contributed by atoms with van der Waals surface area (Å²) in [5.41, 5.74) is 1.14. The molecule has 3 aromatic rings. The van der Waals surface area contributed by atoms with Gasteiger partial charge >= 0.3 is 5.97 Å². The predicted molar refractivity (Wildman–Crippen MR) is 106 cm³/mol. The zero-order valence-electron chi connectivity index (χ0n) is 15.2. The lowest BCUT2D eigenvalue weighted by molar-refractivity contribution is -0.113. The Morgan fingerprint density at radius 1 is 1.21 bits per heavy atom. The number of hydrogen-bond donors (Lipinski definition) is 2. The number of methoxy groups -OCH3 is 1. The van der Waals surface area contributed by atoms with Crippen molar-refractivity contribution in [2.24, 2.45) is 0 Å². The first-order valence-corrected chi connectivity index (χ1v) is 9.31. The topological polar surface area (TPSA) is 88.3 Å². The molecule has 0 aliphatic heterocycles. The normalized spacial score (nSPS) is 10.7. The number of amides is 1. The van der Waals surface area contributed by atoms with Gasteiger partial charge in [-0.15, -0.1) is 0 Å². The third-order valence-electron chi connectivity index (χ3n) is 3.97. The first-order valence-electron chi connectivity index (χ1n) is 8.32. The van der Waals surface area contributed by atoms with E-state index in [1.54, 1.807) is 18.2 Å². The number of thioether (sulfide) groups is 1. The number of H-pyrrole nitrogens is 1. The fraction of sp³-hybridized carbons (Fsp3) is 0.150. The second-order valence-corrected chi connectivity index (χ2v) is 7.03. The number of aryl methyl sites for hydroxylation is 1. The van der Waals surface area contributed by atoms with Crippen LogP contribution in [-0.4, -0.2) is 29.7 Å². The number of anilines is 1. The van der Waals surface area contributed by atoms with Crippen LogP contribution in [0.5, 0.6) is 0 Å². The molecular formula is C20H17FN2O4S. The van der Waals surface area contributed by atoms with Gasteiger partial charge in [-0.2, -0.15) is 0 Å². The highest BCUT2D eigenvalue weighted by Crippen LogP contribution is 2.23. The van der Waals surface area contributed by atoms with Crippen molar-refractivity contribution in [2.45, 2.75) is 11.9 Å². The van der Waals surface area contributed by atoms with Gasteiger partial charge in [-0.05, 0) is 37.3 Å². The van der Waals surface area contributed by atoms with Crippen molar-refractivity contribution >= 4 is 40.2 Å². The number of rotatable bonds is 5. The van der Waals surface area contributed by atoms with E-state index >= 15 is 0 Å². The highest BCUT2D eigenvalue weighted by Gasteiger charge is 2.21. The molecule has 2 aromatic carbocycles. The highest BCUT2D eigenvalue weighted by molar-refractivity contribution is 8.00. The summed E-state index contributed by atoms with van der Waals surface area (Å²) in [6, 6.07) is 10.8. The number of carbonyl (C=O) groups is 2. The Morgan fingerprint density at radius 3 is 2.71 bits per heavy atom. The maximum atomic E-state index is 13.2. The SMILES string of the molecule is COC(=O)c1c(SCC(=O)Nc2cccc(F)c2)[nH]c2ccc(C)cc2c1=O. The number of halogens is 1. The van der Waals surface area contributed by atoms with Gasteiger partial charge in [0.25, 0.3) is 0 Å². The van der Waals surface area contributed by atoms with E-state index in [4.69, 9.17) is 4.74 Å². The lowest BCUT2D eigenvalue weighted by Crippen LogP contribution is -2.20. The van der Waals surface area contributed by atoms with Gasteiger partial charge in [0.1, 0.15) is 11.4 Å². The van der Waals surface area contributed by atoms with Gasteiger partial charge < -0.3 is 15.0 Å². The fourth-order valence-corrected chi connectivity index (χ4v) is 3.52. The average molecular weight is 400 g/mol. The minimum absolute atomic E-state index is 0.0895. The summed E-state index contributed by atoms with van der Waals surface area (Å²) >= 11 is 0.993. The van der Waals surface area contributed by atoms with Gasteiger partial charge in [0.05, 0.1) is 23.4 Å². The number of esters is 1. The third kappa shape index (κ3) is 4.23. The van der Waals surface area contributed by atoms with Gasteiger partial charge in [0.2, 0.25) is 11.3 Å². The van der Waals surface area contributed by atoms with E-state index in [9.17, 15) is 18.8 Å². The predicted octanol–water partition coefficient (Wildman–Crippen LogP) is 3.49. The van der Waals surface area contributed by atoms with E-state index < -0.39 is 23.1 Å². The van der Waals surface area contributed by atoms with Crippen molar-refractivity contribution in [3.8, 4) is 0 Å². The maximum Gasteiger partial charge on any atom is 0.344 e. The quantitative estimate of drug-likeness (QED) is 0.506. The lowest BCUT2D eigenvalue weighted by Gasteiger charge is -2.10. The summed E-state index contributed by atoms with van der Waals surface area (Å²) in [4.78, 5) is 40.2. The molecule has 0 fully saturated rings. The van der Waals surface area contributed by atoms with Gasteiger partial charge in [0, 0.05) is 11.1 Å². The van der Waals surface area contributed by atoms with Crippen LogP contribution < -0.4 is 10.7 Å². The van der Waals surface area contributed by atoms with E-state index in [1.165, 1.54) is 25.3 Å². The van der Waals surface area contributed by atoms with E-state index in [0.717, 1.165) is 17.3 Å². The van der Waals surface area contributed by atoms with Crippen LogP contribution in [0.1, 0.15) is 15.9 Å². The van der Waals surface area contributed by atoms with Crippen LogP contribution in [0, 0.1) is 12.7 Å². The number of ether oxygens (including phenoxy) is 1. The molecule has 0 atom stereocenters. The number of carbonyl (C=O) groups excluding carboxylic acids is 2. The summed E-state index contributed by atoms with van der Waals surface area (Å²) in [5.74, 6) is -1.74. The molecule has 1 heterocycles. The van der Waals surface area contributed by atoms with Crippen molar-refractivity contribution in [3.63, 3.8) is 0 Å². The Balaban J connectivity index is 1.89. The number of hydrogen-bond acceptors (Lipinski definition) is 5. The van der Waals surface area contributed by atoms with Crippen LogP contribution >= 0.6 is 11.8 Å². The minimum Gasteiger partial charge on any atom is -0.465 e. The molecule has 3 rings (SSSR count). The summed E-state index contributed by atoms with van der Waals surface area (Å²) in [7, 11) is 1.19. The monoisotopic (exact) mass is 400 g/mol. The molecule has 8 heteroatoms. The highest BCUT2D eigenvalue weighted by atomic mass is 32.2. The second-order valence-electron chi connectivity index (χ2n) is 6.05. The smallest absolute Gasteiger partial charge is 0.344 e. The first kappa shape index (κ1) is 19.6. The van der Waals surface area contributed by atoms with Crippen LogP contribution in [0.25, 0.3) is 10.9 Å². The molecule has 0 saturated heterocycles. The largest absolute Gasteiger partial charge is 0.465 e. The van der Waals surface area contributed by atoms with Crippen LogP contribution in [-0.2, 0) is 9.53 Å². The Bertz CT molecular complexity index is 1130. The Labute approximate surface area is 164 Å². The van der Waals surface area contributed by atoms with Crippen molar-refractivity contribution in [3.05, 3.63) is 69.6 Å². The molecule has 2 N–H and O–H groups in total. The molecule has 0 bridgehead atoms. The first-order chi connectivity index (χ1) is 13.4. The summed E-state index contributed by atoms with van der Waals surface area (Å²) in [5, 5.41) is 3.17. The molecule has 1 amide bonds. The summed E-state index contributed by atoms with van der Waals surface area (Å²) in [6.45, 7) is 1.84. The molecular weight excluding hydrogens is 383 g/mol. The molecule has 144 valence electrons. The maximum absolute atomic E-state index is 13.2. The third-order valence-corrected chi connectivity index (χ3v) is 4.97. The van der Waals surface area contributed by atoms with Crippen LogP contribution in [0.2, 0.25) is 0 Å². The standard InChI is InChI=1S/C20H17FN2O4S/c1-11-6-7-15-14(8-11)18(25)17(20(26)27-2)19(23-15)28-10-16(24)22-13-5-3-4-12(21)9-13/h3-9H,10H2,1-2H3,(H,22,24)(H,23,25). The second kappa shape index (κ2) is 8.26. The molecule has 0 aliphatic rings. The van der Waals surface area contributed by atoms with Crippen molar-refractivity contribution in [1.82, 2.24) is 4.98 Å². The molecule has 0 aliphatic carbocycles. The average Bonchev–Trinajstić information content (AvgIpc) is 2.66. The van der Waals surface area contributed by atoms with Crippen molar-refractivity contribution in [2.75, 3.05) is 18.2 Å². The van der Waals surface area contributed by atoms with Crippen molar-refractivity contribution in [1.29, 1.82) is 0 Å². The van der Waals surface area contributed by atoms with Crippen LogP contribution in [0.3, 0.4) is 0 Å². The molecule has 28 heavy (non-hydrogen) atoms. The Kier molecular flexibility index (Phi) is 5.79. The number of aromatic nitrogens is 1. The molecule has 0 radical (unpaired) electrons. The number of nitrogens with one attached hydrogen (secondary N) is 2. The minimum atomic E-state index is -0.780. The summed E-state index contributed by atoms with van der Waals surface area (Å²) in [6.07, 6.45) is 0. The van der Waals surface area contributed by atoms with Gasteiger partial charge in [-0.3, -0.25) is 9.59 Å². The Hall–Kier alpha value is -3.13. The van der Waals surface area contributed by atoms with E-state index in [2.05, 4.69) is 10.3 Å². The molecule has 1 aromatic heterocycles. The molecule has 0 spiro atoms. The number of fused-ring (bicyclic) bond motifs is 1. The molecule has 6 nitrogen and oxygen atoms in total. The lowest BCUT2D eigenvalue weighted by atomic mass is 10.1. The van der Waals surface area contributed by atoms with Crippen molar-refractivity contribution < 1.29 is 18.7 Å². The number of pyridine rings is 1. The van der Waals surface area contributed by atoms with Gasteiger partial charge in [0.15, 0.2) is 0 Å². The van der Waals surface area contributed by atoms with Crippen LogP contribution in [0.15, 0.2) is 52.3 Å². The van der Waals surface area contributed by atoms with E-state index in [-0.39, 0.29) is 16.3 Å². The number of benzene rings is 2. The van der Waals surface area contributed by atoms with Crippen LogP contribution in [0.4, 0.5) is 10.1 Å². The zero-order valence-corrected chi connectivity index (χ0v) is 16.0. The molecule has 0 unspecified atom stereocenters. The summed E-state index contributed by atoms with van der Waals surface area (Å²) < 4.78 is 18.0. The van der Waals surface area contributed by atoms with E-state index in [1.807, 2.05) is 13.0 Å². The zero-order chi connectivity index (χ0) is 20.3. The Morgan fingerprint density at radius 2 is 2.00 bits per heavy atom. The molecule has 0 saturated carbocycles. The fourth-order valence-electron chi connectivity index (χ4n) is 2.67. The van der Waals surface area contributed by atoms with Gasteiger partial charge in [-0.25, -0.2) is 9.18 Å².